The van der Waals surface area contributed by atoms with Crippen LogP contribution in [0.15, 0.2) is 18.3 Å². The summed E-state index contributed by atoms with van der Waals surface area (Å²) in [7, 11) is -3.03. The van der Waals surface area contributed by atoms with Crippen LogP contribution in [0.4, 0.5) is 4.79 Å². The Bertz CT molecular complexity index is 641. The summed E-state index contributed by atoms with van der Waals surface area (Å²) < 4.78 is 22.5. The number of pyridine rings is 1. The maximum Gasteiger partial charge on any atom is 0.354 e. The molecule has 1 saturated heterocycles. The van der Waals surface area contributed by atoms with E-state index in [4.69, 9.17) is 5.11 Å². The van der Waals surface area contributed by atoms with E-state index in [9.17, 15) is 18.0 Å². The van der Waals surface area contributed by atoms with Crippen LogP contribution in [0.3, 0.4) is 0 Å². The molecule has 114 valence electrons. The Labute approximate surface area is 121 Å². The van der Waals surface area contributed by atoms with Crippen LogP contribution in [-0.2, 0) is 16.4 Å². The summed E-state index contributed by atoms with van der Waals surface area (Å²) in [5.74, 6) is -1.05. The zero-order valence-corrected chi connectivity index (χ0v) is 11.9. The van der Waals surface area contributed by atoms with Gasteiger partial charge in [0.05, 0.1) is 11.5 Å². The average Bonchev–Trinajstić information content (AvgIpc) is 2.76. The molecule has 0 aliphatic carbocycles. The molecule has 2 rings (SSSR count). The van der Waals surface area contributed by atoms with Crippen LogP contribution in [0.1, 0.15) is 22.5 Å². The van der Waals surface area contributed by atoms with Crippen molar-refractivity contribution in [1.29, 1.82) is 0 Å². The predicted octanol–water partition coefficient (Wildman–Crippen LogP) is -0.234. The number of amides is 2. The Morgan fingerprint density at radius 1 is 1.38 bits per heavy atom. The van der Waals surface area contributed by atoms with E-state index in [2.05, 4.69) is 15.6 Å². The number of nitrogens with one attached hydrogen (secondary N) is 2. The Balaban J connectivity index is 1.80. The third-order valence-corrected chi connectivity index (χ3v) is 4.83. The highest BCUT2D eigenvalue weighted by Gasteiger charge is 2.28. The van der Waals surface area contributed by atoms with Gasteiger partial charge < -0.3 is 15.7 Å². The van der Waals surface area contributed by atoms with E-state index in [1.165, 1.54) is 12.3 Å². The summed E-state index contributed by atoms with van der Waals surface area (Å²) in [6, 6.07) is 2.08. The van der Waals surface area contributed by atoms with Gasteiger partial charge in [-0.1, -0.05) is 6.07 Å². The second-order valence-corrected chi connectivity index (χ2v) is 7.01. The van der Waals surface area contributed by atoms with Gasteiger partial charge >= 0.3 is 12.0 Å². The fraction of sp³-hybridized carbons (Fsp3) is 0.417. The number of hydrogen-bond acceptors (Lipinski definition) is 5. The Morgan fingerprint density at radius 2 is 2.14 bits per heavy atom. The highest BCUT2D eigenvalue weighted by atomic mass is 32.2. The third kappa shape index (κ3) is 4.42. The van der Waals surface area contributed by atoms with Gasteiger partial charge in [0.2, 0.25) is 0 Å². The molecule has 1 aliphatic heterocycles. The fourth-order valence-electron chi connectivity index (χ4n) is 1.98. The highest BCUT2D eigenvalue weighted by molar-refractivity contribution is 7.91. The summed E-state index contributed by atoms with van der Waals surface area (Å²) in [6.07, 6.45) is 1.79. The lowest BCUT2D eigenvalue weighted by molar-refractivity contribution is 0.0690. The number of aromatic carboxylic acids is 1. The number of sulfone groups is 1. The van der Waals surface area contributed by atoms with Gasteiger partial charge in [-0.2, -0.15) is 0 Å². The molecule has 1 aromatic rings. The molecule has 1 aromatic heterocycles. The normalized spacial score (nSPS) is 19.9. The molecule has 3 N–H and O–H groups in total. The van der Waals surface area contributed by atoms with Crippen molar-refractivity contribution in [1.82, 2.24) is 15.6 Å². The van der Waals surface area contributed by atoms with E-state index in [1.54, 1.807) is 6.07 Å². The number of nitrogens with zero attached hydrogens (tertiary/aromatic N) is 1. The van der Waals surface area contributed by atoms with Crippen molar-refractivity contribution in [3.8, 4) is 0 Å². The van der Waals surface area contributed by atoms with Crippen molar-refractivity contribution in [2.24, 2.45) is 0 Å². The molecular weight excluding hydrogens is 298 g/mol. The van der Waals surface area contributed by atoms with Gasteiger partial charge in [-0.05, 0) is 18.1 Å². The number of hydrogen-bond donors (Lipinski definition) is 3. The van der Waals surface area contributed by atoms with Crippen molar-refractivity contribution in [3.63, 3.8) is 0 Å². The minimum absolute atomic E-state index is 0.0325. The Morgan fingerprint density at radius 3 is 2.67 bits per heavy atom. The molecule has 0 saturated carbocycles. The third-order valence-electron chi connectivity index (χ3n) is 3.06. The second kappa shape index (κ2) is 6.08. The number of carbonyl (C=O) groups is 2. The van der Waals surface area contributed by atoms with Crippen LogP contribution in [-0.4, -0.2) is 48.1 Å². The van der Waals surface area contributed by atoms with Crippen LogP contribution in [0.5, 0.6) is 0 Å². The summed E-state index contributed by atoms with van der Waals surface area (Å²) in [6.45, 7) is 0.179. The molecule has 0 spiro atoms. The lowest BCUT2D eigenvalue weighted by Crippen LogP contribution is -2.42. The van der Waals surface area contributed by atoms with Crippen LogP contribution in [0.2, 0.25) is 0 Å². The lowest BCUT2D eigenvalue weighted by atomic mass is 10.2. The first kappa shape index (κ1) is 15.2. The van der Waals surface area contributed by atoms with E-state index >= 15 is 0 Å². The van der Waals surface area contributed by atoms with Crippen LogP contribution >= 0.6 is 0 Å². The molecule has 1 aliphatic rings. The highest BCUT2D eigenvalue weighted by Crippen LogP contribution is 2.10. The largest absolute Gasteiger partial charge is 0.477 e. The average molecular weight is 313 g/mol. The summed E-state index contributed by atoms with van der Waals surface area (Å²) >= 11 is 0. The zero-order chi connectivity index (χ0) is 15.5. The molecule has 1 unspecified atom stereocenters. The van der Waals surface area contributed by atoms with Gasteiger partial charge in [0.15, 0.2) is 9.84 Å². The van der Waals surface area contributed by atoms with Gasteiger partial charge in [0.1, 0.15) is 5.69 Å². The number of carboxylic acids is 1. The SMILES string of the molecule is O=C(NCc1ccc(C(=O)O)nc1)NC1CCS(=O)(=O)C1. The zero-order valence-electron chi connectivity index (χ0n) is 11.1. The molecular formula is C12H15N3O5S. The first-order valence-corrected chi connectivity index (χ1v) is 8.11. The first-order valence-electron chi connectivity index (χ1n) is 6.29. The van der Waals surface area contributed by atoms with E-state index in [1.807, 2.05) is 0 Å². The van der Waals surface area contributed by atoms with Crippen molar-refractivity contribution in [3.05, 3.63) is 29.6 Å². The molecule has 1 fully saturated rings. The van der Waals surface area contributed by atoms with Gasteiger partial charge in [-0.25, -0.2) is 23.0 Å². The molecule has 8 nitrogen and oxygen atoms in total. The molecule has 2 heterocycles. The minimum atomic E-state index is -3.03. The van der Waals surface area contributed by atoms with Gasteiger partial charge in [-0.15, -0.1) is 0 Å². The van der Waals surface area contributed by atoms with Crippen molar-refractivity contribution in [2.75, 3.05) is 11.5 Å². The number of carbonyl (C=O) groups excluding carboxylic acids is 1. The summed E-state index contributed by atoms with van der Waals surface area (Å²) in [4.78, 5) is 26.0. The fourth-order valence-corrected chi connectivity index (χ4v) is 3.66. The van der Waals surface area contributed by atoms with Crippen molar-refractivity contribution in [2.45, 2.75) is 19.0 Å². The molecule has 0 radical (unpaired) electrons. The van der Waals surface area contributed by atoms with Crippen LogP contribution in [0.25, 0.3) is 0 Å². The molecule has 1 atom stereocenters. The monoisotopic (exact) mass is 313 g/mol. The molecule has 9 heteroatoms. The molecule has 0 bridgehead atoms. The topological polar surface area (TPSA) is 125 Å². The number of urea groups is 1. The van der Waals surface area contributed by atoms with E-state index in [0.717, 1.165) is 0 Å². The lowest BCUT2D eigenvalue weighted by Gasteiger charge is -2.12. The summed E-state index contributed by atoms with van der Waals surface area (Å²) in [5, 5.41) is 13.9. The van der Waals surface area contributed by atoms with Gasteiger partial charge in [-0.3, -0.25) is 0 Å². The minimum Gasteiger partial charge on any atom is -0.477 e. The smallest absolute Gasteiger partial charge is 0.354 e. The van der Waals surface area contributed by atoms with Gasteiger partial charge in [0.25, 0.3) is 0 Å². The molecule has 2 amide bonds. The first-order chi connectivity index (χ1) is 9.85. The van der Waals surface area contributed by atoms with E-state index in [-0.39, 0.29) is 29.8 Å². The quantitative estimate of drug-likeness (QED) is 0.705. The number of rotatable bonds is 4. The summed E-state index contributed by atoms with van der Waals surface area (Å²) in [5.41, 5.74) is 0.577. The Hall–Kier alpha value is -2.16. The van der Waals surface area contributed by atoms with Crippen molar-refractivity contribution < 1.29 is 23.1 Å². The number of carboxylic acid groups (broad SMARTS) is 1. The second-order valence-electron chi connectivity index (χ2n) is 4.78. The Kier molecular flexibility index (Phi) is 4.41. The molecule has 21 heavy (non-hydrogen) atoms. The van der Waals surface area contributed by atoms with E-state index in [0.29, 0.717) is 12.0 Å². The van der Waals surface area contributed by atoms with Crippen molar-refractivity contribution >= 4 is 21.8 Å². The van der Waals surface area contributed by atoms with Crippen LogP contribution < -0.4 is 10.6 Å². The van der Waals surface area contributed by atoms with E-state index < -0.39 is 21.8 Å². The maximum absolute atomic E-state index is 11.6. The van der Waals surface area contributed by atoms with Crippen LogP contribution in [0, 0.1) is 0 Å². The molecule has 0 aromatic carbocycles. The standard InChI is InChI=1S/C12H15N3O5S/c16-11(17)10-2-1-8(5-13-10)6-14-12(18)15-9-3-4-21(19,20)7-9/h1-2,5,9H,3-4,6-7H2,(H,16,17)(H2,14,15,18). The maximum atomic E-state index is 11.6. The van der Waals surface area contributed by atoms with Gasteiger partial charge in [0, 0.05) is 18.8 Å². The predicted molar refractivity (Wildman–Crippen MR) is 73.6 cm³/mol. The number of aromatic nitrogens is 1.